The molecule has 0 aliphatic carbocycles. The molecule has 0 radical (unpaired) electrons. The lowest BCUT2D eigenvalue weighted by atomic mass is 9.86. The Morgan fingerprint density at radius 2 is 2.04 bits per heavy atom. The number of rotatable bonds is 3. The first-order valence-corrected chi connectivity index (χ1v) is 8.31. The van der Waals surface area contributed by atoms with Crippen molar-refractivity contribution in [3.63, 3.8) is 0 Å². The molecule has 2 aliphatic heterocycles. The quantitative estimate of drug-likeness (QED) is 0.867. The molecule has 2 amide bonds. The molecule has 3 rings (SSSR count). The van der Waals surface area contributed by atoms with Crippen LogP contribution in [0.4, 0.5) is 14.9 Å². The molecular weight excluding hydrogens is 293 g/mol. The third-order valence-corrected chi connectivity index (χ3v) is 5.05. The van der Waals surface area contributed by atoms with E-state index < -0.39 is 5.82 Å². The van der Waals surface area contributed by atoms with Gasteiger partial charge in [-0.15, -0.1) is 6.58 Å². The molecule has 2 aliphatic rings. The van der Waals surface area contributed by atoms with Crippen LogP contribution >= 0.6 is 0 Å². The van der Waals surface area contributed by atoms with Gasteiger partial charge in [0.1, 0.15) is 5.82 Å². The first-order chi connectivity index (χ1) is 11.1. The van der Waals surface area contributed by atoms with Crippen LogP contribution in [0.5, 0.6) is 0 Å². The lowest BCUT2D eigenvalue weighted by Crippen LogP contribution is -2.57. The number of para-hydroxylation sites is 1. The molecule has 2 fully saturated rings. The summed E-state index contributed by atoms with van der Waals surface area (Å²) < 4.78 is 13.7. The van der Waals surface area contributed by atoms with Crippen LogP contribution in [-0.2, 0) is 0 Å². The van der Waals surface area contributed by atoms with E-state index in [1.54, 1.807) is 18.2 Å². The smallest absolute Gasteiger partial charge is 0.321 e. The van der Waals surface area contributed by atoms with Gasteiger partial charge in [0, 0.05) is 25.2 Å². The molecule has 5 heteroatoms. The topological polar surface area (TPSA) is 35.6 Å². The highest BCUT2D eigenvalue weighted by Crippen LogP contribution is 2.37. The first kappa shape index (κ1) is 16.0. The third-order valence-electron chi connectivity index (χ3n) is 5.05. The Labute approximate surface area is 137 Å². The molecule has 2 heterocycles. The Bertz CT molecular complexity index is 591. The summed E-state index contributed by atoms with van der Waals surface area (Å²) in [4.78, 5) is 16.8. The summed E-state index contributed by atoms with van der Waals surface area (Å²) in [7, 11) is 0. The van der Waals surface area contributed by atoms with Crippen LogP contribution < -0.4 is 5.32 Å². The standard InChI is InChI=1S/C18H24FN3O/c1-2-11-22-13-6-10-18(22)9-5-12-21(14-18)17(23)20-16-8-4-3-7-15(16)19/h2-4,7-8H,1,5-6,9-14H2,(H,20,23)/t18-/m1/s1. The molecule has 0 aromatic heterocycles. The number of carbonyl (C=O) groups excluding carboxylic acids is 1. The second kappa shape index (κ2) is 6.71. The van der Waals surface area contributed by atoms with Crippen molar-refractivity contribution < 1.29 is 9.18 Å². The second-order valence-corrected chi connectivity index (χ2v) is 6.50. The number of anilines is 1. The van der Waals surface area contributed by atoms with E-state index >= 15 is 0 Å². The van der Waals surface area contributed by atoms with Gasteiger partial charge in [-0.1, -0.05) is 18.2 Å². The van der Waals surface area contributed by atoms with Crippen molar-refractivity contribution in [3.8, 4) is 0 Å². The molecule has 1 aromatic carbocycles. The summed E-state index contributed by atoms with van der Waals surface area (Å²) in [5.41, 5.74) is 0.311. The van der Waals surface area contributed by atoms with Crippen LogP contribution in [0.15, 0.2) is 36.9 Å². The number of hydrogen-bond acceptors (Lipinski definition) is 2. The molecule has 0 saturated carbocycles. The molecule has 1 aromatic rings. The van der Waals surface area contributed by atoms with Crippen LogP contribution in [0.3, 0.4) is 0 Å². The van der Waals surface area contributed by atoms with Crippen molar-refractivity contribution in [1.82, 2.24) is 9.80 Å². The van der Waals surface area contributed by atoms with E-state index in [0.717, 1.165) is 45.3 Å². The van der Waals surface area contributed by atoms with E-state index in [2.05, 4.69) is 16.8 Å². The summed E-state index contributed by atoms with van der Waals surface area (Å²) >= 11 is 0. The maximum Gasteiger partial charge on any atom is 0.321 e. The number of carbonyl (C=O) groups is 1. The number of halogens is 1. The number of hydrogen-bond donors (Lipinski definition) is 1. The van der Waals surface area contributed by atoms with Crippen LogP contribution in [0.1, 0.15) is 25.7 Å². The molecule has 1 N–H and O–H groups in total. The number of likely N-dealkylation sites (tertiary alicyclic amines) is 2. The van der Waals surface area contributed by atoms with Gasteiger partial charge in [-0.2, -0.15) is 0 Å². The SMILES string of the molecule is C=CCN1CCC[C@@]12CCCN(C(=O)Nc1ccccc1F)C2. The molecule has 0 bridgehead atoms. The minimum Gasteiger partial charge on any atom is -0.323 e. The predicted octanol–water partition coefficient (Wildman–Crippen LogP) is 3.47. The number of benzene rings is 1. The summed E-state index contributed by atoms with van der Waals surface area (Å²) in [6, 6.07) is 6.08. The number of nitrogens with zero attached hydrogens (tertiary/aromatic N) is 2. The van der Waals surface area contributed by atoms with E-state index in [-0.39, 0.29) is 17.3 Å². The normalized spacial score (nSPS) is 24.8. The average Bonchev–Trinajstić information content (AvgIpc) is 2.92. The Hall–Kier alpha value is -1.88. The molecule has 4 nitrogen and oxygen atoms in total. The number of amides is 2. The minimum atomic E-state index is -0.401. The van der Waals surface area contributed by atoms with E-state index in [9.17, 15) is 9.18 Å². The van der Waals surface area contributed by atoms with Crippen LogP contribution in [0.25, 0.3) is 0 Å². The van der Waals surface area contributed by atoms with E-state index in [1.165, 1.54) is 6.07 Å². The lowest BCUT2D eigenvalue weighted by Gasteiger charge is -2.45. The minimum absolute atomic E-state index is 0.0685. The fourth-order valence-corrected chi connectivity index (χ4v) is 3.94. The van der Waals surface area contributed by atoms with Gasteiger partial charge in [-0.05, 0) is 44.4 Å². The largest absolute Gasteiger partial charge is 0.323 e. The number of nitrogens with one attached hydrogen (secondary N) is 1. The molecule has 2 saturated heterocycles. The highest BCUT2D eigenvalue weighted by molar-refractivity contribution is 5.89. The van der Waals surface area contributed by atoms with Gasteiger partial charge in [0.25, 0.3) is 0 Å². The molecule has 23 heavy (non-hydrogen) atoms. The van der Waals surface area contributed by atoms with Gasteiger partial charge in [0.15, 0.2) is 0 Å². The van der Waals surface area contributed by atoms with Gasteiger partial charge in [0.2, 0.25) is 0 Å². The summed E-state index contributed by atoms with van der Waals surface area (Å²) in [6.07, 6.45) is 6.31. The zero-order valence-corrected chi connectivity index (χ0v) is 13.4. The molecule has 1 atom stereocenters. The maximum absolute atomic E-state index is 13.7. The van der Waals surface area contributed by atoms with Crippen LogP contribution in [-0.4, -0.2) is 47.5 Å². The number of urea groups is 1. The molecular formula is C18H24FN3O. The van der Waals surface area contributed by atoms with Crippen molar-refractivity contribution in [2.45, 2.75) is 31.2 Å². The number of piperidine rings is 1. The molecule has 1 spiro atoms. The van der Waals surface area contributed by atoms with Gasteiger partial charge >= 0.3 is 6.03 Å². The highest BCUT2D eigenvalue weighted by Gasteiger charge is 2.44. The van der Waals surface area contributed by atoms with Crippen molar-refractivity contribution in [2.24, 2.45) is 0 Å². The zero-order valence-electron chi connectivity index (χ0n) is 13.4. The van der Waals surface area contributed by atoms with Crippen molar-refractivity contribution in [1.29, 1.82) is 0 Å². The van der Waals surface area contributed by atoms with E-state index in [1.807, 2.05) is 11.0 Å². The lowest BCUT2D eigenvalue weighted by molar-refractivity contribution is 0.0670. The van der Waals surface area contributed by atoms with Crippen molar-refractivity contribution in [3.05, 3.63) is 42.7 Å². The Morgan fingerprint density at radius 3 is 2.78 bits per heavy atom. The van der Waals surface area contributed by atoms with E-state index in [4.69, 9.17) is 0 Å². The van der Waals surface area contributed by atoms with Gasteiger partial charge < -0.3 is 10.2 Å². The fraction of sp³-hybridized carbons (Fsp3) is 0.500. The third kappa shape index (κ3) is 3.24. The van der Waals surface area contributed by atoms with Gasteiger partial charge in [-0.3, -0.25) is 4.90 Å². The summed E-state index contributed by atoms with van der Waals surface area (Å²) in [5.74, 6) is -0.401. The molecule has 124 valence electrons. The highest BCUT2D eigenvalue weighted by atomic mass is 19.1. The monoisotopic (exact) mass is 317 g/mol. The van der Waals surface area contributed by atoms with Gasteiger partial charge in [0.05, 0.1) is 5.69 Å². The van der Waals surface area contributed by atoms with E-state index in [0.29, 0.717) is 6.54 Å². The van der Waals surface area contributed by atoms with Crippen molar-refractivity contribution >= 4 is 11.7 Å². The van der Waals surface area contributed by atoms with Crippen LogP contribution in [0.2, 0.25) is 0 Å². The van der Waals surface area contributed by atoms with Crippen LogP contribution in [0, 0.1) is 5.82 Å². The second-order valence-electron chi connectivity index (χ2n) is 6.50. The van der Waals surface area contributed by atoms with Gasteiger partial charge in [-0.25, -0.2) is 9.18 Å². The fourth-order valence-electron chi connectivity index (χ4n) is 3.94. The van der Waals surface area contributed by atoms with Crippen molar-refractivity contribution in [2.75, 3.05) is 31.5 Å². The zero-order chi connectivity index (χ0) is 16.3. The predicted molar refractivity (Wildman–Crippen MR) is 90.0 cm³/mol. The Kier molecular flexibility index (Phi) is 4.66. The Balaban J connectivity index is 1.69. The first-order valence-electron chi connectivity index (χ1n) is 8.31. The summed E-state index contributed by atoms with van der Waals surface area (Å²) in [5, 5.41) is 2.71. The Morgan fingerprint density at radius 1 is 1.30 bits per heavy atom. The maximum atomic E-state index is 13.7. The average molecular weight is 317 g/mol. The summed E-state index contributed by atoms with van der Waals surface area (Å²) in [6.45, 7) is 7.21. The molecule has 0 unspecified atom stereocenters.